The first-order valence-corrected chi connectivity index (χ1v) is 6.51. The Hall–Kier alpha value is -1.76. The minimum absolute atomic E-state index is 0.126. The van der Waals surface area contributed by atoms with Crippen LogP contribution in [0.1, 0.15) is 18.9 Å². The molecule has 0 aromatic carbocycles. The van der Waals surface area contributed by atoms with Crippen molar-refractivity contribution in [3.63, 3.8) is 0 Å². The zero-order chi connectivity index (χ0) is 12.6. The summed E-state index contributed by atoms with van der Waals surface area (Å²) in [6, 6.07) is 1.04. The Morgan fingerprint density at radius 2 is 2.18 bits per heavy atom. The first kappa shape index (κ1) is 11.7. The lowest BCUT2D eigenvalue weighted by atomic mass is 10.2. The SMILES string of the molecule is CCCn1c2c(c(O)cc1=O)C=CS(=O)(=O)O2. The number of hydrogen-bond acceptors (Lipinski definition) is 5. The lowest BCUT2D eigenvalue weighted by molar-refractivity contribution is 0.429. The Bertz CT molecular complexity index is 641. The van der Waals surface area contributed by atoms with Crippen LogP contribution in [0.25, 0.3) is 6.08 Å². The average Bonchev–Trinajstić information content (AvgIpc) is 2.22. The molecule has 1 aliphatic heterocycles. The highest BCUT2D eigenvalue weighted by Gasteiger charge is 2.23. The molecule has 0 saturated carbocycles. The Balaban J connectivity index is 2.73. The van der Waals surface area contributed by atoms with Crippen molar-refractivity contribution >= 4 is 16.2 Å². The van der Waals surface area contributed by atoms with Gasteiger partial charge in [0, 0.05) is 12.6 Å². The quantitative estimate of drug-likeness (QED) is 0.786. The van der Waals surface area contributed by atoms with Gasteiger partial charge >= 0.3 is 10.1 Å². The monoisotopic (exact) mass is 257 g/mol. The van der Waals surface area contributed by atoms with Gasteiger partial charge in [0.15, 0.2) is 0 Å². The van der Waals surface area contributed by atoms with Crippen LogP contribution in [-0.4, -0.2) is 18.1 Å². The topological polar surface area (TPSA) is 85.6 Å². The van der Waals surface area contributed by atoms with Crippen LogP contribution in [0.2, 0.25) is 0 Å². The van der Waals surface area contributed by atoms with Gasteiger partial charge in [-0.15, -0.1) is 0 Å². The lowest BCUT2D eigenvalue weighted by Gasteiger charge is -2.17. The van der Waals surface area contributed by atoms with Crippen molar-refractivity contribution in [3.8, 4) is 11.6 Å². The molecule has 1 N–H and O–H groups in total. The molecule has 0 saturated heterocycles. The fourth-order valence-corrected chi connectivity index (χ4v) is 2.36. The van der Waals surface area contributed by atoms with Crippen LogP contribution >= 0.6 is 0 Å². The van der Waals surface area contributed by atoms with E-state index in [9.17, 15) is 18.3 Å². The molecule has 0 spiro atoms. The largest absolute Gasteiger partial charge is 0.507 e. The molecule has 2 heterocycles. The Morgan fingerprint density at radius 3 is 2.82 bits per heavy atom. The molecule has 1 aromatic rings. The van der Waals surface area contributed by atoms with Crippen LogP contribution in [0.4, 0.5) is 0 Å². The summed E-state index contributed by atoms with van der Waals surface area (Å²) in [6.07, 6.45) is 1.86. The molecular weight excluding hydrogens is 246 g/mol. The minimum Gasteiger partial charge on any atom is -0.507 e. The van der Waals surface area contributed by atoms with Gasteiger partial charge in [0.1, 0.15) is 5.75 Å². The molecule has 17 heavy (non-hydrogen) atoms. The second kappa shape index (κ2) is 3.92. The second-order valence-corrected chi connectivity index (χ2v) is 5.04. The molecule has 7 heteroatoms. The molecule has 1 aromatic heterocycles. The fraction of sp³-hybridized carbons (Fsp3) is 0.300. The molecule has 0 fully saturated rings. The van der Waals surface area contributed by atoms with Crippen molar-refractivity contribution in [1.29, 1.82) is 0 Å². The van der Waals surface area contributed by atoms with Gasteiger partial charge in [0.25, 0.3) is 5.56 Å². The molecular formula is C10H11NO5S. The van der Waals surface area contributed by atoms with E-state index in [1.165, 1.54) is 10.6 Å². The number of nitrogens with zero attached hydrogens (tertiary/aromatic N) is 1. The van der Waals surface area contributed by atoms with E-state index < -0.39 is 15.7 Å². The molecule has 0 atom stereocenters. The van der Waals surface area contributed by atoms with Crippen LogP contribution in [0.5, 0.6) is 11.6 Å². The zero-order valence-corrected chi connectivity index (χ0v) is 9.90. The normalized spacial score (nSPS) is 16.3. The van der Waals surface area contributed by atoms with E-state index in [2.05, 4.69) is 0 Å². The number of aromatic nitrogens is 1. The van der Waals surface area contributed by atoms with Gasteiger partial charge < -0.3 is 9.29 Å². The van der Waals surface area contributed by atoms with Crippen LogP contribution < -0.4 is 9.74 Å². The van der Waals surface area contributed by atoms with Gasteiger partial charge in [-0.05, 0) is 12.5 Å². The summed E-state index contributed by atoms with van der Waals surface area (Å²) in [5, 5.41) is 10.4. The molecule has 1 aliphatic rings. The van der Waals surface area contributed by atoms with Gasteiger partial charge in [-0.25, -0.2) is 0 Å². The van der Waals surface area contributed by atoms with Crippen molar-refractivity contribution < 1.29 is 17.7 Å². The highest BCUT2D eigenvalue weighted by molar-refractivity contribution is 7.90. The molecule has 6 nitrogen and oxygen atoms in total. The average molecular weight is 257 g/mol. The van der Waals surface area contributed by atoms with E-state index >= 15 is 0 Å². The smallest absolute Gasteiger partial charge is 0.333 e. The maximum absolute atomic E-state index is 11.6. The van der Waals surface area contributed by atoms with E-state index in [-0.39, 0.29) is 17.2 Å². The maximum atomic E-state index is 11.6. The van der Waals surface area contributed by atoms with Gasteiger partial charge in [-0.1, -0.05) is 6.92 Å². The van der Waals surface area contributed by atoms with Crippen LogP contribution in [0.15, 0.2) is 16.3 Å². The molecule has 92 valence electrons. The summed E-state index contributed by atoms with van der Waals surface area (Å²) in [4.78, 5) is 11.6. The standard InChI is InChI=1S/C10H11NO5S/c1-2-4-11-9(13)6-8(12)7-3-5-17(14,15)16-10(7)11/h3,5-6,12H,2,4H2,1H3. The van der Waals surface area contributed by atoms with Crippen molar-refractivity contribution in [2.45, 2.75) is 19.9 Å². The Morgan fingerprint density at radius 1 is 1.47 bits per heavy atom. The molecule has 2 rings (SSSR count). The van der Waals surface area contributed by atoms with Crippen LogP contribution in [0.3, 0.4) is 0 Å². The Kier molecular flexibility index (Phi) is 2.70. The highest BCUT2D eigenvalue weighted by atomic mass is 32.2. The highest BCUT2D eigenvalue weighted by Crippen LogP contribution is 2.32. The van der Waals surface area contributed by atoms with Crippen molar-refractivity contribution in [3.05, 3.63) is 27.4 Å². The predicted molar refractivity (Wildman–Crippen MR) is 61.2 cm³/mol. The van der Waals surface area contributed by atoms with E-state index in [0.29, 0.717) is 13.0 Å². The van der Waals surface area contributed by atoms with Crippen molar-refractivity contribution in [2.24, 2.45) is 0 Å². The molecule has 0 amide bonds. The summed E-state index contributed by atoms with van der Waals surface area (Å²) in [5.74, 6) is -0.414. The summed E-state index contributed by atoms with van der Waals surface area (Å²) < 4.78 is 28.5. The molecule has 0 unspecified atom stereocenters. The zero-order valence-electron chi connectivity index (χ0n) is 9.08. The van der Waals surface area contributed by atoms with Crippen molar-refractivity contribution in [1.82, 2.24) is 4.57 Å². The number of hydrogen-bond donors (Lipinski definition) is 1. The third-order valence-electron chi connectivity index (χ3n) is 2.32. The Labute approximate surface area is 97.9 Å². The molecule has 0 radical (unpaired) electrons. The lowest BCUT2D eigenvalue weighted by Crippen LogP contribution is -2.25. The third kappa shape index (κ3) is 2.05. The molecule has 0 aliphatic carbocycles. The fourth-order valence-electron chi connectivity index (χ4n) is 1.60. The number of fused-ring (bicyclic) bond motifs is 1. The van der Waals surface area contributed by atoms with Gasteiger partial charge in [-0.2, -0.15) is 8.42 Å². The first-order valence-electron chi connectivity index (χ1n) is 5.04. The minimum atomic E-state index is -3.82. The van der Waals surface area contributed by atoms with Gasteiger partial charge in [0.2, 0.25) is 5.88 Å². The van der Waals surface area contributed by atoms with Gasteiger partial charge in [-0.3, -0.25) is 9.36 Å². The number of rotatable bonds is 2. The summed E-state index contributed by atoms with van der Waals surface area (Å²) in [7, 11) is -3.82. The number of aromatic hydroxyl groups is 1. The van der Waals surface area contributed by atoms with Crippen LogP contribution in [0, 0.1) is 0 Å². The summed E-state index contributed by atoms with van der Waals surface area (Å²) >= 11 is 0. The summed E-state index contributed by atoms with van der Waals surface area (Å²) in [6.45, 7) is 2.17. The summed E-state index contributed by atoms with van der Waals surface area (Å²) in [5.41, 5.74) is -0.290. The van der Waals surface area contributed by atoms with E-state index in [1.807, 2.05) is 6.92 Å². The van der Waals surface area contributed by atoms with E-state index in [4.69, 9.17) is 4.18 Å². The first-order chi connectivity index (χ1) is 7.94. The predicted octanol–water partition coefficient (Wildman–Crippen LogP) is 0.657. The third-order valence-corrected chi connectivity index (χ3v) is 3.18. The van der Waals surface area contributed by atoms with E-state index in [0.717, 1.165) is 11.5 Å². The van der Waals surface area contributed by atoms with Crippen LogP contribution in [-0.2, 0) is 16.7 Å². The van der Waals surface area contributed by atoms with E-state index in [1.54, 1.807) is 0 Å². The van der Waals surface area contributed by atoms with Gasteiger partial charge in [0.05, 0.1) is 11.0 Å². The maximum Gasteiger partial charge on any atom is 0.333 e. The van der Waals surface area contributed by atoms with Crippen molar-refractivity contribution in [2.75, 3.05) is 0 Å². The molecule has 0 bridgehead atoms. The number of pyridine rings is 1. The second-order valence-electron chi connectivity index (χ2n) is 3.62.